The molecule has 0 unspecified atom stereocenters. The first-order valence-corrected chi connectivity index (χ1v) is 9.90. The molecule has 0 fully saturated rings. The average molecular weight is 422 g/mol. The highest BCUT2D eigenvalue weighted by Crippen LogP contribution is 2.37. The molecule has 7 nitrogen and oxygen atoms in total. The number of nitrogen functional groups attached to an aromatic ring is 1. The topological polar surface area (TPSA) is 96.8 Å². The first-order chi connectivity index (χ1) is 14.3. The zero-order valence-electron chi connectivity index (χ0n) is 17.0. The summed E-state index contributed by atoms with van der Waals surface area (Å²) in [5.74, 6) is 0.901. The molecule has 0 saturated carbocycles. The number of nitrogens with zero attached hydrogens (tertiary/aromatic N) is 4. The fourth-order valence-electron chi connectivity index (χ4n) is 3.52. The molecule has 3 N–H and O–H groups in total. The number of carbonyl (C=O) groups is 1. The summed E-state index contributed by atoms with van der Waals surface area (Å²) in [6.07, 6.45) is 2.97. The number of aryl methyl sites for hydroxylation is 1. The van der Waals surface area contributed by atoms with Gasteiger partial charge in [0.1, 0.15) is 17.1 Å². The minimum absolute atomic E-state index is 0.275. The van der Waals surface area contributed by atoms with Gasteiger partial charge in [0.05, 0.1) is 6.54 Å². The maximum absolute atomic E-state index is 12.6. The van der Waals surface area contributed by atoms with Crippen LogP contribution < -0.4 is 11.1 Å². The predicted octanol–water partition coefficient (Wildman–Crippen LogP) is 3.12. The standard InChI is InChI=1S/C22H21ClN6O/c1-13-4-6-14(7-5-13)18-17-19(24)27-12-28-20(17)29(18)22(2,3)11-26-21(30)16-10-15(23)8-9-25-16/h4-10,12,24H,11H2,1-3H3,(H,26,30)/p+1. The Labute approximate surface area is 179 Å². The molecule has 152 valence electrons. The van der Waals surface area contributed by atoms with Crippen molar-refractivity contribution in [3.8, 4) is 0 Å². The maximum Gasteiger partial charge on any atom is 0.341 e. The second-order valence-electron chi connectivity index (χ2n) is 7.86. The largest absolute Gasteiger partial charge is 0.383 e. The average Bonchev–Trinajstić information content (AvgIpc) is 2.69. The van der Waals surface area contributed by atoms with Crippen LogP contribution in [0.15, 0.2) is 48.9 Å². The summed E-state index contributed by atoms with van der Waals surface area (Å²) in [5, 5.41) is 3.42. The molecule has 4 rings (SSSR count). The molecule has 1 amide bonds. The highest BCUT2D eigenvalue weighted by Gasteiger charge is 2.46. The number of benzene rings is 1. The summed E-state index contributed by atoms with van der Waals surface area (Å²) < 4.78 is 2.09. The Kier molecular flexibility index (Phi) is 4.99. The number of carbonyl (C=O) groups excluding carboxylic acids is 1. The van der Waals surface area contributed by atoms with E-state index in [-0.39, 0.29) is 11.6 Å². The van der Waals surface area contributed by atoms with Crippen molar-refractivity contribution in [1.29, 1.82) is 0 Å². The van der Waals surface area contributed by atoms with E-state index in [1.165, 1.54) is 18.1 Å². The fourth-order valence-corrected chi connectivity index (χ4v) is 3.68. The lowest BCUT2D eigenvalue weighted by Gasteiger charge is -2.33. The lowest BCUT2D eigenvalue weighted by Crippen LogP contribution is -2.51. The van der Waals surface area contributed by atoms with Gasteiger partial charge in [0.15, 0.2) is 11.3 Å². The first-order valence-electron chi connectivity index (χ1n) is 9.53. The van der Waals surface area contributed by atoms with Gasteiger partial charge in [-0.15, -0.1) is 0 Å². The Hall–Kier alpha value is -3.32. The van der Waals surface area contributed by atoms with E-state index in [0.717, 1.165) is 22.7 Å². The highest BCUT2D eigenvalue weighted by molar-refractivity contribution is 6.30. The molecule has 0 atom stereocenters. The summed E-state index contributed by atoms with van der Waals surface area (Å²) in [5.41, 5.74) is 9.92. The molecule has 8 heteroatoms. The number of fused-ring (bicyclic) bond motifs is 1. The van der Waals surface area contributed by atoms with E-state index in [0.29, 0.717) is 17.4 Å². The van der Waals surface area contributed by atoms with E-state index in [1.54, 1.807) is 12.1 Å². The van der Waals surface area contributed by atoms with Gasteiger partial charge in [-0.3, -0.25) is 9.78 Å². The molecule has 0 saturated heterocycles. The number of anilines is 1. The Morgan fingerprint density at radius 2 is 1.90 bits per heavy atom. The van der Waals surface area contributed by atoms with E-state index in [1.807, 2.05) is 20.8 Å². The van der Waals surface area contributed by atoms with Crippen molar-refractivity contribution in [3.63, 3.8) is 0 Å². The van der Waals surface area contributed by atoms with E-state index in [4.69, 9.17) is 17.3 Å². The molecule has 1 aliphatic heterocycles. The summed E-state index contributed by atoms with van der Waals surface area (Å²) in [6, 6.07) is 11.4. The molecule has 3 heterocycles. The third-order valence-corrected chi connectivity index (χ3v) is 5.33. The zero-order valence-corrected chi connectivity index (χ0v) is 17.7. The van der Waals surface area contributed by atoms with E-state index in [2.05, 4.69) is 49.1 Å². The van der Waals surface area contributed by atoms with E-state index >= 15 is 0 Å². The van der Waals surface area contributed by atoms with Gasteiger partial charge in [0, 0.05) is 16.8 Å². The van der Waals surface area contributed by atoms with Gasteiger partial charge in [-0.1, -0.05) is 41.4 Å². The van der Waals surface area contributed by atoms with Gasteiger partial charge in [-0.05, 0) is 37.9 Å². The van der Waals surface area contributed by atoms with Crippen molar-refractivity contribution >= 4 is 34.9 Å². The number of amides is 1. The van der Waals surface area contributed by atoms with Crippen molar-refractivity contribution < 1.29 is 9.37 Å². The number of nitrogens with two attached hydrogens (primary N) is 1. The Balaban J connectivity index is 1.67. The molecular formula is C22H22ClN6O+. The van der Waals surface area contributed by atoms with Crippen molar-refractivity contribution in [3.05, 3.63) is 76.3 Å². The van der Waals surface area contributed by atoms with Gasteiger partial charge < -0.3 is 11.1 Å². The lowest BCUT2D eigenvalue weighted by molar-refractivity contribution is -0.535. The quantitative estimate of drug-likeness (QED) is 0.617. The molecular weight excluding hydrogens is 400 g/mol. The highest BCUT2D eigenvalue weighted by atomic mass is 35.5. The number of nitrogens with one attached hydrogen (secondary N) is 1. The number of pyridine rings is 1. The number of aromatic nitrogens is 3. The smallest absolute Gasteiger partial charge is 0.341 e. The third-order valence-electron chi connectivity index (χ3n) is 5.10. The van der Waals surface area contributed by atoms with Crippen molar-refractivity contribution in [2.45, 2.75) is 26.3 Å². The van der Waals surface area contributed by atoms with Crippen molar-refractivity contribution in [2.24, 2.45) is 0 Å². The van der Waals surface area contributed by atoms with Gasteiger partial charge in [-0.2, -0.15) is 4.98 Å². The van der Waals surface area contributed by atoms with Crippen LogP contribution in [0, 0.1) is 6.92 Å². The first kappa shape index (κ1) is 20.0. The SMILES string of the molecule is Cc1ccc(C2=[N+](C(C)(C)CNC(=O)c3cc(Cl)ccn3)c3ncnc(N)c32)cc1. The van der Waals surface area contributed by atoms with Crippen LogP contribution in [0.3, 0.4) is 0 Å². The molecule has 0 aliphatic carbocycles. The summed E-state index contributed by atoms with van der Waals surface area (Å²) in [7, 11) is 0. The lowest BCUT2D eigenvalue weighted by atomic mass is 9.91. The number of hydrogen-bond donors (Lipinski definition) is 2. The van der Waals surface area contributed by atoms with Crippen LogP contribution in [0.25, 0.3) is 0 Å². The van der Waals surface area contributed by atoms with Crippen LogP contribution in [-0.4, -0.2) is 43.2 Å². The molecule has 30 heavy (non-hydrogen) atoms. The third kappa shape index (κ3) is 3.52. The minimum Gasteiger partial charge on any atom is -0.383 e. The van der Waals surface area contributed by atoms with Crippen LogP contribution in [0.1, 0.15) is 41.0 Å². The predicted molar refractivity (Wildman–Crippen MR) is 116 cm³/mol. The molecule has 1 aromatic carbocycles. The van der Waals surface area contributed by atoms with E-state index < -0.39 is 5.54 Å². The molecule has 0 spiro atoms. The second-order valence-corrected chi connectivity index (χ2v) is 8.30. The van der Waals surface area contributed by atoms with Gasteiger partial charge in [0.2, 0.25) is 6.33 Å². The normalized spacial score (nSPS) is 12.9. The van der Waals surface area contributed by atoms with Crippen molar-refractivity contribution in [2.75, 3.05) is 12.3 Å². The van der Waals surface area contributed by atoms with Crippen LogP contribution in [0.4, 0.5) is 11.6 Å². The fraction of sp³-hybridized carbons (Fsp3) is 0.227. The van der Waals surface area contributed by atoms with Gasteiger partial charge in [-0.25, -0.2) is 4.58 Å². The Morgan fingerprint density at radius 3 is 2.60 bits per heavy atom. The Bertz CT molecular complexity index is 1170. The second kappa shape index (κ2) is 7.50. The van der Waals surface area contributed by atoms with Crippen molar-refractivity contribution in [1.82, 2.24) is 20.3 Å². The van der Waals surface area contributed by atoms with E-state index in [9.17, 15) is 4.79 Å². The van der Waals surface area contributed by atoms with Crippen LogP contribution in [0.5, 0.6) is 0 Å². The van der Waals surface area contributed by atoms with Gasteiger partial charge >= 0.3 is 5.82 Å². The number of rotatable bonds is 5. The van der Waals surface area contributed by atoms with Crippen LogP contribution in [-0.2, 0) is 0 Å². The molecule has 0 radical (unpaired) electrons. The summed E-state index contributed by atoms with van der Waals surface area (Å²) in [6.45, 7) is 6.47. The number of halogens is 1. The molecule has 2 aromatic heterocycles. The molecule has 0 bridgehead atoms. The molecule has 1 aliphatic rings. The maximum atomic E-state index is 12.6. The molecule has 3 aromatic rings. The monoisotopic (exact) mass is 421 g/mol. The minimum atomic E-state index is -0.484. The summed E-state index contributed by atoms with van der Waals surface area (Å²) in [4.78, 5) is 25.2. The summed E-state index contributed by atoms with van der Waals surface area (Å²) >= 11 is 5.97. The van der Waals surface area contributed by atoms with Gasteiger partial charge in [0.25, 0.3) is 5.91 Å². The van der Waals surface area contributed by atoms with Crippen LogP contribution >= 0.6 is 11.6 Å². The van der Waals surface area contributed by atoms with Crippen LogP contribution in [0.2, 0.25) is 5.02 Å². The zero-order chi connectivity index (χ0) is 21.5. The number of hydrogen-bond acceptors (Lipinski definition) is 5. The Morgan fingerprint density at radius 1 is 1.17 bits per heavy atom.